The maximum absolute atomic E-state index is 6.06. The number of nitrogens with one attached hydrogen (secondary N) is 1. The van der Waals surface area contributed by atoms with Gasteiger partial charge in [-0.15, -0.1) is 0 Å². The second-order valence-corrected chi connectivity index (χ2v) is 5.90. The Morgan fingerprint density at radius 3 is 2.63 bits per heavy atom. The third kappa shape index (κ3) is 4.07. The van der Waals surface area contributed by atoms with Gasteiger partial charge in [0.2, 0.25) is 0 Å². The SMILES string of the molecule is CNCC(Cc1cccc(Cl)c1)c1ccccc1Br. The Balaban J connectivity index is 2.24. The number of benzene rings is 2. The highest BCUT2D eigenvalue weighted by Crippen LogP contribution is 2.28. The monoisotopic (exact) mass is 337 g/mol. The van der Waals surface area contributed by atoms with Gasteiger partial charge in [-0.3, -0.25) is 0 Å². The van der Waals surface area contributed by atoms with E-state index >= 15 is 0 Å². The van der Waals surface area contributed by atoms with Crippen molar-refractivity contribution in [1.29, 1.82) is 0 Å². The number of likely N-dealkylation sites (N-methyl/N-ethyl adjacent to an activating group) is 1. The van der Waals surface area contributed by atoms with Crippen molar-refractivity contribution in [3.05, 3.63) is 69.2 Å². The summed E-state index contributed by atoms with van der Waals surface area (Å²) in [7, 11) is 1.99. The Morgan fingerprint density at radius 2 is 1.95 bits per heavy atom. The number of rotatable bonds is 5. The van der Waals surface area contributed by atoms with Crippen LogP contribution in [0.25, 0.3) is 0 Å². The van der Waals surface area contributed by atoms with Crippen molar-refractivity contribution in [2.75, 3.05) is 13.6 Å². The number of halogens is 2. The van der Waals surface area contributed by atoms with Crippen LogP contribution in [0.15, 0.2) is 53.0 Å². The Labute approximate surface area is 128 Å². The van der Waals surface area contributed by atoms with Gasteiger partial charge < -0.3 is 5.32 Å². The van der Waals surface area contributed by atoms with E-state index in [0.717, 1.165) is 22.5 Å². The van der Waals surface area contributed by atoms with E-state index in [1.165, 1.54) is 11.1 Å². The van der Waals surface area contributed by atoms with Crippen LogP contribution in [0.3, 0.4) is 0 Å². The molecule has 1 N–H and O–H groups in total. The highest BCUT2D eigenvalue weighted by Gasteiger charge is 2.14. The first-order valence-corrected chi connectivity index (χ1v) is 7.51. The molecule has 0 aliphatic heterocycles. The third-order valence-electron chi connectivity index (χ3n) is 3.17. The van der Waals surface area contributed by atoms with Crippen LogP contribution >= 0.6 is 27.5 Å². The lowest BCUT2D eigenvalue weighted by Crippen LogP contribution is -2.19. The van der Waals surface area contributed by atoms with Gasteiger partial charge in [-0.2, -0.15) is 0 Å². The summed E-state index contributed by atoms with van der Waals surface area (Å²) in [5.74, 6) is 0.430. The molecule has 0 bridgehead atoms. The molecule has 3 heteroatoms. The van der Waals surface area contributed by atoms with Gasteiger partial charge in [-0.05, 0) is 42.8 Å². The van der Waals surface area contributed by atoms with E-state index in [1.54, 1.807) is 0 Å². The Bertz CT molecular complexity index is 542. The Hall–Kier alpha value is -0.830. The molecular formula is C16H17BrClN. The predicted molar refractivity (Wildman–Crippen MR) is 86.0 cm³/mol. The topological polar surface area (TPSA) is 12.0 Å². The summed E-state index contributed by atoms with van der Waals surface area (Å²) >= 11 is 9.70. The molecule has 2 aromatic rings. The van der Waals surface area contributed by atoms with E-state index in [4.69, 9.17) is 11.6 Å². The molecule has 0 radical (unpaired) electrons. The Kier molecular flexibility index (Phi) is 5.44. The van der Waals surface area contributed by atoms with E-state index in [9.17, 15) is 0 Å². The van der Waals surface area contributed by atoms with E-state index in [2.05, 4.69) is 45.5 Å². The average Bonchev–Trinajstić information content (AvgIpc) is 2.39. The number of hydrogen-bond acceptors (Lipinski definition) is 1. The van der Waals surface area contributed by atoms with Crippen LogP contribution in [0.4, 0.5) is 0 Å². The minimum atomic E-state index is 0.430. The second-order valence-electron chi connectivity index (χ2n) is 4.61. The summed E-state index contributed by atoms with van der Waals surface area (Å²) in [4.78, 5) is 0. The van der Waals surface area contributed by atoms with Crippen molar-refractivity contribution < 1.29 is 0 Å². The largest absolute Gasteiger partial charge is 0.319 e. The van der Waals surface area contributed by atoms with Crippen molar-refractivity contribution in [3.8, 4) is 0 Å². The van der Waals surface area contributed by atoms with E-state index in [-0.39, 0.29) is 0 Å². The van der Waals surface area contributed by atoms with Crippen LogP contribution in [0.1, 0.15) is 17.0 Å². The molecule has 0 amide bonds. The molecule has 1 atom stereocenters. The zero-order valence-corrected chi connectivity index (χ0v) is 13.2. The first kappa shape index (κ1) is 14.6. The molecule has 19 heavy (non-hydrogen) atoms. The molecule has 0 saturated carbocycles. The van der Waals surface area contributed by atoms with Gasteiger partial charge in [0.05, 0.1) is 0 Å². The van der Waals surface area contributed by atoms with E-state index in [0.29, 0.717) is 5.92 Å². The van der Waals surface area contributed by atoms with Gasteiger partial charge >= 0.3 is 0 Å². The third-order valence-corrected chi connectivity index (χ3v) is 4.12. The molecule has 0 saturated heterocycles. The van der Waals surface area contributed by atoms with Crippen LogP contribution in [0, 0.1) is 0 Å². The zero-order valence-electron chi connectivity index (χ0n) is 10.9. The van der Waals surface area contributed by atoms with Crippen molar-refractivity contribution in [3.63, 3.8) is 0 Å². The standard InChI is InChI=1S/C16H17BrClN/c1-19-11-13(15-7-2-3-8-16(15)17)9-12-5-4-6-14(18)10-12/h2-8,10,13,19H,9,11H2,1H3. The molecule has 0 aromatic heterocycles. The molecule has 0 aliphatic rings. The van der Waals surface area contributed by atoms with E-state index in [1.807, 2.05) is 31.3 Å². The van der Waals surface area contributed by atoms with Gasteiger partial charge in [0.15, 0.2) is 0 Å². The van der Waals surface area contributed by atoms with Crippen molar-refractivity contribution >= 4 is 27.5 Å². The molecule has 2 rings (SSSR count). The smallest absolute Gasteiger partial charge is 0.0408 e. The molecule has 1 nitrogen and oxygen atoms in total. The van der Waals surface area contributed by atoms with Crippen LogP contribution in [-0.4, -0.2) is 13.6 Å². The fourth-order valence-electron chi connectivity index (χ4n) is 2.29. The molecular weight excluding hydrogens is 322 g/mol. The molecule has 100 valence electrons. The van der Waals surface area contributed by atoms with Crippen LogP contribution < -0.4 is 5.32 Å². The fourth-order valence-corrected chi connectivity index (χ4v) is 3.11. The van der Waals surface area contributed by atoms with Gasteiger partial charge in [-0.25, -0.2) is 0 Å². The molecule has 0 heterocycles. The fraction of sp³-hybridized carbons (Fsp3) is 0.250. The normalized spacial score (nSPS) is 12.4. The van der Waals surface area contributed by atoms with Gasteiger partial charge in [0, 0.05) is 22.0 Å². The maximum Gasteiger partial charge on any atom is 0.0408 e. The Morgan fingerprint density at radius 1 is 1.16 bits per heavy atom. The van der Waals surface area contributed by atoms with E-state index < -0.39 is 0 Å². The summed E-state index contributed by atoms with van der Waals surface area (Å²) in [6.07, 6.45) is 0.976. The lowest BCUT2D eigenvalue weighted by Gasteiger charge is -2.18. The van der Waals surface area contributed by atoms with Gasteiger partial charge in [0.1, 0.15) is 0 Å². The lowest BCUT2D eigenvalue weighted by atomic mass is 9.92. The predicted octanol–water partition coefficient (Wildman–Crippen LogP) is 4.65. The highest BCUT2D eigenvalue weighted by molar-refractivity contribution is 9.10. The quantitative estimate of drug-likeness (QED) is 0.837. The molecule has 2 aromatic carbocycles. The zero-order chi connectivity index (χ0) is 13.7. The maximum atomic E-state index is 6.06. The molecule has 0 aliphatic carbocycles. The van der Waals surface area contributed by atoms with Crippen molar-refractivity contribution in [2.45, 2.75) is 12.3 Å². The first-order valence-electron chi connectivity index (χ1n) is 6.34. The summed E-state index contributed by atoms with van der Waals surface area (Å²) in [6, 6.07) is 16.5. The minimum absolute atomic E-state index is 0.430. The van der Waals surface area contributed by atoms with Gasteiger partial charge in [-0.1, -0.05) is 57.9 Å². The van der Waals surface area contributed by atoms with Crippen LogP contribution in [0.5, 0.6) is 0 Å². The number of hydrogen-bond donors (Lipinski definition) is 1. The summed E-state index contributed by atoms with van der Waals surface area (Å²) in [5, 5.41) is 4.07. The van der Waals surface area contributed by atoms with Crippen molar-refractivity contribution in [2.24, 2.45) is 0 Å². The second kappa shape index (κ2) is 7.09. The first-order chi connectivity index (χ1) is 9.20. The molecule has 0 spiro atoms. The molecule has 0 fully saturated rings. The highest BCUT2D eigenvalue weighted by atomic mass is 79.9. The van der Waals surface area contributed by atoms with Crippen molar-refractivity contribution in [1.82, 2.24) is 5.32 Å². The van der Waals surface area contributed by atoms with Crippen LogP contribution in [0.2, 0.25) is 5.02 Å². The summed E-state index contributed by atoms with van der Waals surface area (Å²) < 4.78 is 1.16. The van der Waals surface area contributed by atoms with Crippen LogP contribution in [-0.2, 0) is 6.42 Å². The van der Waals surface area contributed by atoms with Gasteiger partial charge in [0.25, 0.3) is 0 Å². The summed E-state index contributed by atoms with van der Waals surface area (Å²) in [6.45, 7) is 0.940. The lowest BCUT2D eigenvalue weighted by molar-refractivity contribution is 0.623. The average molecular weight is 339 g/mol. The minimum Gasteiger partial charge on any atom is -0.319 e. The molecule has 1 unspecified atom stereocenters. The summed E-state index contributed by atoms with van der Waals surface area (Å²) in [5.41, 5.74) is 2.60.